The largest absolute Gasteiger partial charge is 0.447 e. The topological polar surface area (TPSA) is 68.2 Å². The highest BCUT2D eigenvalue weighted by Gasteiger charge is 2.34. The third kappa shape index (κ3) is 3.33. The molecule has 28 heavy (non-hydrogen) atoms. The van der Waals surface area contributed by atoms with Crippen LogP contribution in [0.4, 0.5) is 5.69 Å². The molecule has 0 N–H and O–H groups in total. The number of ether oxygens (including phenoxy) is 1. The monoisotopic (exact) mass is 392 g/mol. The number of para-hydroxylation sites is 1. The molecule has 0 fully saturated rings. The van der Waals surface area contributed by atoms with E-state index in [0.717, 1.165) is 28.1 Å². The average molecular weight is 392 g/mol. The van der Waals surface area contributed by atoms with Crippen LogP contribution in [0.5, 0.6) is 5.88 Å². The molecule has 0 spiro atoms. The van der Waals surface area contributed by atoms with Crippen LogP contribution in [-0.2, 0) is 4.79 Å². The molecule has 142 valence electrons. The van der Waals surface area contributed by atoms with E-state index in [1.165, 1.54) is 18.7 Å². The number of carbonyl (C=O) groups is 1. The molecule has 1 aliphatic heterocycles. The van der Waals surface area contributed by atoms with E-state index in [4.69, 9.17) is 4.74 Å². The molecule has 2 heterocycles. The number of rotatable bonds is 3. The summed E-state index contributed by atoms with van der Waals surface area (Å²) in [6, 6.07) is 15.6. The first-order valence-corrected chi connectivity index (χ1v) is 10.1. The normalized spacial score (nSPS) is 15.2. The lowest BCUT2D eigenvalue weighted by atomic mass is 10.1. The van der Waals surface area contributed by atoms with E-state index in [1.807, 2.05) is 62.4 Å². The lowest BCUT2D eigenvalue weighted by molar-refractivity contribution is -0.118. The van der Waals surface area contributed by atoms with Gasteiger partial charge in [-0.1, -0.05) is 66.7 Å². The predicted octanol–water partition coefficient (Wildman–Crippen LogP) is 4.40. The average Bonchev–Trinajstić information content (AvgIpc) is 2.83. The molecular weight excluding hydrogens is 372 g/mol. The Hall–Kier alpha value is -2.93. The summed E-state index contributed by atoms with van der Waals surface area (Å²) in [6.07, 6.45) is -0.642. The third-order valence-corrected chi connectivity index (χ3v) is 5.21. The predicted molar refractivity (Wildman–Crippen MR) is 109 cm³/mol. The Kier molecular flexibility index (Phi) is 5.00. The van der Waals surface area contributed by atoms with Crippen molar-refractivity contribution in [1.82, 2.24) is 15.2 Å². The number of fused-ring (bicyclic) bond motifs is 3. The van der Waals surface area contributed by atoms with Gasteiger partial charge in [-0.2, -0.15) is 4.98 Å². The van der Waals surface area contributed by atoms with Gasteiger partial charge in [0.1, 0.15) is 0 Å². The number of hydrogen-bond donors (Lipinski definition) is 0. The van der Waals surface area contributed by atoms with Gasteiger partial charge in [-0.15, -0.1) is 10.2 Å². The Balaban J connectivity index is 1.93. The van der Waals surface area contributed by atoms with Crippen molar-refractivity contribution in [3.05, 3.63) is 59.7 Å². The van der Waals surface area contributed by atoms with E-state index >= 15 is 0 Å². The van der Waals surface area contributed by atoms with Crippen molar-refractivity contribution >= 4 is 23.4 Å². The Labute approximate surface area is 168 Å². The summed E-state index contributed by atoms with van der Waals surface area (Å²) in [6.45, 7) is 5.59. The molecule has 0 saturated heterocycles. The van der Waals surface area contributed by atoms with Gasteiger partial charge in [0.25, 0.3) is 0 Å². The molecule has 4 rings (SSSR count). The van der Waals surface area contributed by atoms with Crippen molar-refractivity contribution in [3.8, 4) is 17.1 Å². The first-order chi connectivity index (χ1) is 13.6. The maximum atomic E-state index is 12.7. The van der Waals surface area contributed by atoms with Gasteiger partial charge in [0, 0.05) is 18.1 Å². The molecule has 3 aromatic rings. The standard InChI is InChI=1S/C21H20N4O2S/c1-4-28-21-22-19-18(23-24-21)16-7-5-6-8-17(16)25(14(3)26)20(27-19)15-11-9-13(2)10-12-15/h5-12,20H,4H2,1-3H3/t20-/m1/s1. The summed E-state index contributed by atoms with van der Waals surface area (Å²) in [5, 5.41) is 9.15. The van der Waals surface area contributed by atoms with Crippen molar-refractivity contribution in [3.63, 3.8) is 0 Å². The second-order valence-corrected chi connectivity index (χ2v) is 7.70. The lowest BCUT2D eigenvalue weighted by Gasteiger charge is -2.29. The summed E-state index contributed by atoms with van der Waals surface area (Å²) < 4.78 is 6.30. The van der Waals surface area contributed by atoms with E-state index < -0.39 is 6.23 Å². The number of aromatic nitrogens is 3. The van der Waals surface area contributed by atoms with E-state index in [0.29, 0.717) is 16.7 Å². The van der Waals surface area contributed by atoms with Crippen molar-refractivity contribution in [2.45, 2.75) is 32.2 Å². The van der Waals surface area contributed by atoms with Gasteiger partial charge in [0.15, 0.2) is 5.69 Å². The minimum atomic E-state index is -0.642. The Morgan fingerprint density at radius 3 is 2.61 bits per heavy atom. The fraction of sp³-hybridized carbons (Fsp3) is 0.238. The second-order valence-electron chi connectivity index (χ2n) is 6.47. The number of amides is 1. The van der Waals surface area contributed by atoms with E-state index in [-0.39, 0.29) is 5.91 Å². The molecule has 0 radical (unpaired) electrons. The molecule has 6 nitrogen and oxygen atoms in total. The fourth-order valence-electron chi connectivity index (χ4n) is 3.19. The van der Waals surface area contributed by atoms with E-state index in [2.05, 4.69) is 15.2 Å². The zero-order valence-electron chi connectivity index (χ0n) is 15.9. The van der Waals surface area contributed by atoms with Crippen LogP contribution in [0.25, 0.3) is 11.3 Å². The minimum absolute atomic E-state index is 0.123. The van der Waals surface area contributed by atoms with Gasteiger partial charge < -0.3 is 4.74 Å². The van der Waals surface area contributed by atoms with Crippen LogP contribution in [0.1, 0.15) is 31.2 Å². The number of anilines is 1. The highest BCUT2D eigenvalue weighted by Crippen LogP contribution is 2.43. The molecule has 0 unspecified atom stereocenters. The van der Waals surface area contributed by atoms with Crippen molar-refractivity contribution < 1.29 is 9.53 Å². The highest BCUT2D eigenvalue weighted by molar-refractivity contribution is 7.99. The summed E-state index contributed by atoms with van der Waals surface area (Å²) in [4.78, 5) is 18.9. The number of thioether (sulfide) groups is 1. The molecule has 0 aliphatic carbocycles. The van der Waals surface area contributed by atoms with Gasteiger partial charge in [-0.3, -0.25) is 9.69 Å². The smallest absolute Gasteiger partial charge is 0.247 e. The maximum absolute atomic E-state index is 12.7. The lowest BCUT2D eigenvalue weighted by Crippen LogP contribution is -2.36. The summed E-state index contributed by atoms with van der Waals surface area (Å²) in [7, 11) is 0. The minimum Gasteiger partial charge on any atom is -0.447 e. The number of nitrogens with zero attached hydrogens (tertiary/aromatic N) is 4. The van der Waals surface area contributed by atoms with Crippen LogP contribution in [-0.4, -0.2) is 26.8 Å². The van der Waals surface area contributed by atoms with Crippen molar-refractivity contribution in [2.24, 2.45) is 0 Å². The molecule has 1 amide bonds. The summed E-state index contributed by atoms with van der Waals surface area (Å²) in [5.74, 6) is 1.09. The third-order valence-electron chi connectivity index (χ3n) is 4.49. The molecular formula is C21H20N4O2S. The SMILES string of the molecule is CCSc1nnc2c(n1)O[C@H](c1ccc(C)cc1)N(C(C)=O)c1ccccc1-2. The van der Waals surface area contributed by atoms with Gasteiger partial charge in [-0.05, 0) is 18.7 Å². The molecule has 0 saturated carbocycles. The van der Waals surface area contributed by atoms with Crippen molar-refractivity contribution in [1.29, 1.82) is 0 Å². The molecule has 1 aliphatic rings. The van der Waals surface area contributed by atoms with Crippen LogP contribution in [0.2, 0.25) is 0 Å². The zero-order chi connectivity index (χ0) is 19.7. The van der Waals surface area contributed by atoms with Gasteiger partial charge in [-0.25, -0.2) is 0 Å². The van der Waals surface area contributed by atoms with Crippen molar-refractivity contribution in [2.75, 3.05) is 10.7 Å². The van der Waals surface area contributed by atoms with Crippen LogP contribution >= 0.6 is 11.8 Å². The van der Waals surface area contributed by atoms with Crippen LogP contribution < -0.4 is 9.64 Å². The highest BCUT2D eigenvalue weighted by atomic mass is 32.2. The number of carbonyl (C=O) groups excluding carboxylic acids is 1. The van der Waals surface area contributed by atoms with Crippen LogP contribution in [0.15, 0.2) is 53.7 Å². The second kappa shape index (κ2) is 7.59. The van der Waals surface area contributed by atoms with Gasteiger partial charge >= 0.3 is 0 Å². The first-order valence-electron chi connectivity index (χ1n) is 9.08. The summed E-state index contributed by atoms with van der Waals surface area (Å²) >= 11 is 1.50. The van der Waals surface area contributed by atoms with Gasteiger partial charge in [0.05, 0.1) is 5.69 Å². The molecule has 7 heteroatoms. The number of hydrogen-bond acceptors (Lipinski definition) is 6. The quantitative estimate of drug-likeness (QED) is 0.615. The molecule has 1 aromatic heterocycles. The van der Waals surface area contributed by atoms with Crippen LogP contribution in [0.3, 0.4) is 0 Å². The van der Waals surface area contributed by atoms with E-state index in [9.17, 15) is 4.79 Å². The Morgan fingerprint density at radius 1 is 1.14 bits per heavy atom. The van der Waals surface area contributed by atoms with E-state index in [1.54, 1.807) is 4.90 Å². The van der Waals surface area contributed by atoms with Gasteiger partial charge in [0.2, 0.25) is 23.2 Å². The Morgan fingerprint density at radius 2 is 1.89 bits per heavy atom. The summed E-state index contributed by atoms with van der Waals surface area (Å²) in [5.41, 5.74) is 4.04. The number of benzene rings is 2. The fourth-order valence-corrected chi connectivity index (χ4v) is 3.70. The van der Waals surface area contributed by atoms with Crippen LogP contribution in [0, 0.1) is 6.92 Å². The first kappa shape index (κ1) is 18.4. The molecule has 2 aromatic carbocycles. The molecule has 1 atom stereocenters. The zero-order valence-corrected chi connectivity index (χ0v) is 16.7. The Bertz CT molecular complexity index is 1020. The number of aryl methyl sites for hydroxylation is 1. The maximum Gasteiger partial charge on any atom is 0.247 e. The molecule has 0 bridgehead atoms.